The summed E-state index contributed by atoms with van der Waals surface area (Å²) >= 11 is 0. The third kappa shape index (κ3) is 3.94. The van der Waals surface area contributed by atoms with E-state index in [2.05, 4.69) is 167 Å². The highest BCUT2D eigenvalue weighted by atomic mass is 14.2. The van der Waals surface area contributed by atoms with Gasteiger partial charge in [-0.25, -0.2) is 0 Å². The second-order valence-electron chi connectivity index (χ2n) is 14.2. The SMILES string of the molecule is Bc1c(B)c(B)c(-c2ccc(-c3ccc4ccc5cccc6ccc3c4c56)cc2-c2ccc3ccc4cccc5ccc2c3c45)c(B)c1B. The van der Waals surface area contributed by atoms with Crippen LogP contribution in [0.15, 0.2) is 127 Å². The maximum Gasteiger partial charge on any atom is 0.139 e. The van der Waals surface area contributed by atoms with Gasteiger partial charge < -0.3 is 0 Å². The van der Waals surface area contributed by atoms with Gasteiger partial charge in [0.2, 0.25) is 0 Å². The molecular formula is C44H31B5. The third-order valence-electron chi connectivity index (χ3n) is 11.9. The van der Waals surface area contributed by atoms with Gasteiger partial charge in [0, 0.05) is 0 Å². The van der Waals surface area contributed by atoms with Crippen molar-refractivity contribution in [3.05, 3.63) is 127 Å². The van der Waals surface area contributed by atoms with Crippen molar-refractivity contribution in [2.24, 2.45) is 0 Å². The lowest BCUT2D eigenvalue weighted by molar-refractivity contribution is 1.63. The van der Waals surface area contributed by atoms with Crippen molar-refractivity contribution in [3.63, 3.8) is 0 Å². The molecule has 0 saturated heterocycles. The van der Waals surface area contributed by atoms with E-state index in [1.54, 1.807) is 0 Å². The lowest BCUT2D eigenvalue weighted by Gasteiger charge is -2.24. The van der Waals surface area contributed by atoms with Crippen LogP contribution in [-0.2, 0) is 0 Å². The maximum absolute atomic E-state index is 2.48. The molecular weight excluding hydrogens is 583 g/mol. The molecule has 0 heterocycles. The molecule has 0 spiro atoms. The molecule has 0 atom stereocenters. The van der Waals surface area contributed by atoms with Gasteiger partial charge in [-0.05, 0) is 104 Å². The fourth-order valence-electron chi connectivity index (χ4n) is 9.01. The first-order valence-electron chi connectivity index (χ1n) is 17.4. The Balaban J connectivity index is 1.32. The normalized spacial score (nSPS) is 12.1. The summed E-state index contributed by atoms with van der Waals surface area (Å²) in [5.74, 6) is 0. The van der Waals surface area contributed by atoms with Crippen LogP contribution in [0.2, 0.25) is 0 Å². The largest absolute Gasteiger partial charge is 0.139 e. The van der Waals surface area contributed by atoms with Crippen molar-refractivity contribution in [2.75, 3.05) is 0 Å². The van der Waals surface area contributed by atoms with Gasteiger partial charge in [0.15, 0.2) is 0 Å². The van der Waals surface area contributed by atoms with E-state index < -0.39 is 0 Å². The highest BCUT2D eigenvalue weighted by Crippen LogP contribution is 2.44. The minimum absolute atomic E-state index is 1.25. The Morgan fingerprint density at radius 1 is 0.286 bits per heavy atom. The molecule has 10 aromatic carbocycles. The number of benzene rings is 10. The monoisotopic (exact) mass is 614 g/mol. The Bertz CT molecular complexity index is 2930. The minimum Gasteiger partial charge on any atom is -0.102 e. The Hall–Kier alpha value is -5.40. The lowest BCUT2D eigenvalue weighted by atomic mass is 9.59. The Kier molecular flexibility index (Phi) is 6.01. The van der Waals surface area contributed by atoms with E-state index in [1.807, 2.05) is 0 Å². The molecule has 0 aliphatic rings. The van der Waals surface area contributed by atoms with Crippen LogP contribution in [0, 0.1) is 0 Å². The predicted octanol–water partition coefficient (Wildman–Crippen LogP) is 3.77. The molecule has 0 radical (unpaired) electrons. The van der Waals surface area contributed by atoms with Gasteiger partial charge in [0.25, 0.3) is 0 Å². The first-order chi connectivity index (χ1) is 23.9. The van der Waals surface area contributed by atoms with Crippen molar-refractivity contribution in [2.45, 2.75) is 0 Å². The van der Waals surface area contributed by atoms with E-state index in [-0.39, 0.29) is 0 Å². The van der Waals surface area contributed by atoms with Crippen molar-refractivity contribution in [1.29, 1.82) is 0 Å². The van der Waals surface area contributed by atoms with Crippen molar-refractivity contribution in [1.82, 2.24) is 0 Å². The van der Waals surface area contributed by atoms with Gasteiger partial charge in [-0.3, -0.25) is 0 Å². The fourth-order valence-corrected chi connectivity index (χ4v) is 9.01. The highest BCUT2D eigenvalue weighted by molar-refractivity contribution is 6.68. The number of hydrogen-bond donors (Lipinski definition) is 0. The summed E-state index contributed by atoms with van der Waals surface area (Å²) in [6, 6.07) is 48.3. The zero-order valence-electron chi connectivity index (χ0n) is 28.6. The van der Waals surface area contributed by atoms with Crippen LogP contribution in [-0.4, -0.2) is 39.2 Å². The molecule has 5 heteroatoms. The average molecular weight is 614 g/mol. The van der Waals surface area contributed by atoms with Crippen LogP contribution >= 0.6 is 0 Å². The Morgan fingerprint density at radius 2 is 0.673 bits per heavy atom. The first-order valence-corrected chi connectivity index (χ1v) is 17.4. The van der Waals surface area contributed by atoms with E-state index in [0.29, 0.717) is 0 Å². The van der Waals surface area contributed by atoms with E-state index >= 15 is 0 Å². The molecule has 10 aromatic rings. The van der Waals surface area contributed by atoms with Gasteiger partial charge >= 0.3 is 0 Å². The summed E-state index contributed by atoms with van der Waals surface area (Å²) in [6.07, 6.45) is 0. The summed E-state index contributed by atoms with van der Waals surface area (Å²) in [5, 5.41) is 15.8. The standard InChI is InChI=1S/C44H31B5/c45-40-39(41(46)43(48)44(49)42(40)47)33-20-15-28(29-16-11-26-9-7-22-3-1-5-24-13-18-31(29)37(26)35(22)24)21-34(33)30-17-12-27-10-8-23-4-2-6-25-14-19-32(30)38(27)36(23)25/h1-21H,45-49H2. The molecule has 0 aromatic heterocycles. The quantitative estimate of drug-likeness (QED) is 0.210. The number of hydrogen-bond acceptors (Lipinski definition) is 0. The van der Waals surface area contributed by atoms with Gasteiger partial charge in [-0.2, -0.15) is 0 Å². The first kappa shape index (κ1) is 28.6. The van der Waals surface area contributed by atoms with Crippen LogP contribution < -0.4 is 27.3 Å². The van der Waals surface area contributed by atoms with Crippen LogP contribution in [0.25, 0.3) is 98.0 Å². The molecule has 0 aliphatic heterocycles. The molecule has 0 fully saturated rings. The minimum atomic E-state index is 1.25. The summed E-state index contributed by atoms with van der Waals surface area (Å²) in [6.45, 7) is 0. The topological polar surface area (TPSA) is 0 Å². The third-order valence-corrected chi connectivity index (χ3v) is 11.9. The van der Waals surface area contributed by atoms with E-state index in [4.69, 9.17) is 0 Å². The molecule has 0 nitrogen and oxygen atoms in total. The molecule has 222 valence electrons. The molecule has 49 heavy (non-hydrogen) atoms. The van der Waals surface area contributed by atoms with E-state index in [9.17, 15) is 0 Å². The Labute approximate surface area is 290 Å². The molecule has 0 saturated carbocycles. The predicted molar refractivity (Wildman–Crippen MR) is 231 cm³/mol. The smallest absolute Gasteiger partial charge is 0.102 e. The molecule has 0 bridgehead atoms. The second kappa shape index (κ2) is 10.3. The zero-order chi connectivity index (χ0) is 33.1. The molecule has 10 rings (SSSR count). The zero-order valence-corrected chi connectivity index (χ0v) is 28.6. The average Bonchev–Trinajstić information content (AvgIpc) is 3.14. The van der Waals surface area contributed by atoms with Crippen LogP contribution in [0.5, 0.6) is 0 Å². The van der Waals surface area contributed by atoms with Gasteiger partial charge in [-0.15, -0.1) is 16.4 Å². The maximum atomic E-state index is 2.48. The highest BCUT2D eigenvalue weighted by Gasteiger charge is 2.21. The fraction of sp³-hybridized carbons (Fsp3) is 0. The molecule has 0 unspecified atom stereocenters. The molecule has 0 N–H and O–H groups in total. The van der Waals surface area contributed by atoms with Gasteiger partial charge in [-0.1, -0.05) is 132 Å². The van der Waals surface area contributed by atoms with E-state index in [1.165, 1.54) is 125 Å². The molecule has 0 amide bonds. The van der Waals surface area contributed by atoms with Crippen molar-refractivity contribution in [3.8, 4) is 33.4 Å². The number of rotatable bonds is 3. The second-order valence-corrected chi connectivity index (χ2v) is 14.2. The summed E-state index contributed by atoms with van der Waals surface area (Å²) < 4.78 is 0. The molecule has 0 aliphatic carbocycles. The van der Waals surface area contributed by atoms with Gasteiger partial charge in [0.1, 0.15) is 39.2 Å². The Morgan fingerprint density at radius 3 is 1.20 bits per heavy atom. The van der Waals surface area contributed by atoms with Crippen molar-refractivity contribution < 1.29 is 0 Å². The van der Waals surface area contributed by atoms with Crippen LogP contribution in [0.1, 0.15) is 0 Å². The summed E-state index contributed by atoms with van der Waals surface area (Å²) in [4.78, 5) is 0. The van der Waals surface area contributed by atoms with Crippen LogP contribution in [0.4, 0.5) is 0 Å². The lowest BCUT2D eigenvalue weighted by Crippen LogP contribution is -2.55. The van der Waals surface area contributed by atoms with Crippen LogP contribution in [0.3, 0.4) is 0 Å². The van der Waals surface area contributed by atoms with Gasteiger partial charge in [0.05, 0.1) is 0 Å². The summed E-state index contributed by atoms with van der Waals surface area (Å²) in [5.41, 5.74) is 14.7. The van der Waals surface area contributed by atoms with E-state index in [0.717, 1.165) is 0 Å². The van der Waals surface area contributed by atoms with Crippen molar-refractivity contribution >= 4 is 131 Å². The summed E-state index contributed by atoms with van der Waals surface area (Å²) in [7, 11) is 11.5.